The second kappa shape index (κ2) is 9.13. The number of nitrogens with one attached hydrogen (secondary N) is 1. The van der Waals surface area contributed by atoms with E-state index < -0.39 is 0 Å². The largest absolute Gasteiger partial charge is 0.484 e. The number of nitrogens with zero attached hydrogens (tertiary/aromatic N) is 1. The normalized spacial score (nSPS) is 10.6. The van der Waals surface area contributed by atoms with Gasteiger partial charge in [0.25, 0.3) is 5.91 Å². The number of hydrogen-bond donors (Lipinski definition) is 1. The Morgan fingerprint density at radius 3 is 2.58 bits per heavy atom. The molecule has 0 aliphatic carbocycles. The number of carbonyl (C=O) groups excluding carboxylic acids is 1. The zero-order valence-corrected chi connectivity index (χ0v) is 16.8. The van der Waals surface area contributed by atoms with Gasteiger partial charge in [-0.2, -0.15) is 0 Å². The first-order chi connectivity index (χ1) is 15.1. The predicted molar refractivity (Wildman–Crippen MR) is 115 cm³/mol. The first-order valence-electron chi connectivity index (χ1n) is 9.69. The van der Waals surface area contributed by atoms with Crippen molar-refractivity contribution in [2.24, 2.45) is 0 Å². The summed E-state index contributed by atoms with van der Waals surface area (Å²) in [5.74, 6) is 1.21. The van der Waals surface area contributed by atoms with Crippen LogP contribution in [0.25, 0.3) is 11.0 Å². The topological polar surface area (TPSA) is 90.7 Å². The average molecular weight is 416 g/mol. The number of fused-ring (bicyclic) bond motifs is 1. The number of aryl methyl sites for hydroxylation is 1. The Morgan fingerprint density at radius 2 is 1.81 bits per heavy atom. The molecule has 0 aliphatic heterocycles. The minimum Gasteiger partial charge on any atom is -0.484 e. The van der Waals surface area contributed by atoms with Crippen molar-refractivity contribution in [1.82, 2.24) is 10.3 Å². The van der Waals surface area contributed by atoms with Crippen LogP contribution in [0.2, 0.25) is 0 Å². The molecule has 2 aromatic carbocycles. The Bertz CT molecular complexity index is 1250. The fourth-order valence-electron chi connectivity index (χ4n) is 2.98. The molecule has 0 atom stereocenters. The molecule has 0 spiro atoms. The van der Waals surface area contributed by atoms with Crippen LogP contribution in [0.4, 0.5) is 0 Å². The van der Waals surface area contributed by atoms with Gasteiger partial charge >= 0.3 is 0 Å². The van der Waals surface area contributed by atoms with Crippen molar-refractivity contribution in [1.29, 1.82) is 0 Å². The third-order valence-electron chi connectivity index (χ3n) is 4.56. The number of hydrogen-bond acceptors (Lipinski definition) is 6. The van der Waals surface area contributed by atoms with E-state index in [4.69, 9.17) is 13.9 Å². The van der Waals surface area contributed by atoms with Gasteiger partial charge in [0.05, 0.1) is 5.39 Å². The van der Waals surface area contributed by atoms with E-state index in [0.717, 1.165) is 5.56 Å². The minimum absolute atomic E-state index is 0.142. The zero-order chi connectivity index (χ0) is 21.6. The van der Waals surface area contributed by atoms with Crippen molar-refractivity contribution < 1.29 is 18.7 Å². The second-order valence-electron chi connectivity index (χ2n) is 6.81. The van der Waals surface area contributed by atoms with Crippen molar-refractivity contribution >= 4 is 16.9 Å². The third-order valence-corrected chi connectivity index (χ3v) is 4.56. The molecule has 7 heteroatoms. The van der Waals surface area contributed by atoms with E-state index in [9.17, 15) is 9.59 Å². The maximum atomic E-state index is 12.9. The quantitative estimate of drug-likeness (QED) is 0.490. The number of aromatic nitrogens is 1. The number of carbonyl (C=O) groups is 1. The lowest BCUT2D eigenvalue weighted by atomic mass is 10.2. The molecular formula is C24H20N2O5. The SMILES string of the molecule is Cc1oc2cc(OCC(=O)NCc3ccncc3)ccc2c(=O)c1Oc1ccccc1. The van der Waals surface area contributed by atoms with E-state index in [1.54, 1.807) is 49.6 Å². The monoisotopic (exact) mass is 416 g/mol. The molecule has 0 saturated carbocycles. The summed E-state index contributed by atoms with van der Waals surface area (Å²) in [6.45, 7) is 1.90. The minimum atomic E-state index is -0.274. The molecule has 31 heavy (non-hydrogen) atoms. The highest BCUT2D eigenvalue weighted by molar-refractivity contribution is 5.80. The van der Waals surface area contributed by atoms with Gasteiger partial charge in [-0.15, -0.1) is 0 Å². The number of ether oxygens (including phenoxy) is 2. The molecule has 156 valence electrons. The molecule has 0 fully saturated rings. The van der Waals surface area contributed by atoms with Crippen molar-refractivity contribution in [3.05, 3.63) is 94.6 Å². The van der Waals surface area contributed by atoms with E-state index in [1.807, 2.05) is 30.3 Å². The Morgan fingerprint density at radius 1 is 1.03 bits per heavy atom. The van der Waals surface area contributed by atoms with Crippen molar-refractivity contribution in [3.8, 4) is 17.2 Å². The van der Waals surface area contributed by atoms with E-state index >= 15 is 0 Å². The van der Waals surface area contributed by atoms with Gasteiger partial charge < -0.3 is 19.2 Å². The summed E-state index contributed by atoms with van der Waals surface area (Å²) in [5.41, 5.74) is 1.03. The number of amides is 1. The molecule has 4 rings (SSSR count). The van der Waals surface area contributed by atoms with Crippen molar-refractivity contribution in [3.63, 3.8) is 0 Å². The van der Waals surface area contributed by atoms with Crippen LogP contribution in [0.5, 0.6) is 17.2 Å². The van der Waals surface area contributed by atoms with Crippen LogP contribution < -0.4 is 20.2 Å². The number of pyridine rings is 1. The van der Waals surface area contributed by atoms with Crippen molar-refractivity contribution in [2.75, 3.05) is 6.61 Å². The highest BCUT2D eigenvalue weighted by Crippen LogP contribution is 2.27. The van der Waals surface area contributed by atoms with Gasteiger partial charge in [0.1, 0.15) is 22.8 Å². The molecule has 0 bridgehead atoms. The summed E-state index contributed by atoms with van der Waals surface area (Å²) < 4.78 is 17.1. The number of para-hydroxylation sites is 1. The number of benzene rings is 2. The van der Waals surface area contributed by atoms with Gasteiger partial charge in [0.2, 0.25) is 11.2 Å². The Kier molecular flexibility index (Phi) is 5.93. The van der Waals surface area contributed by atoms with Gasteiger partial charge in [-0.05, 0) is 48.9 Å². The first-order valence-corrected chi connectivity index (χ1v) is 9.69. The summed E-state index contributed by atoms with van der Waals surface area (Å²) in [6, 6.07) is 17.5. The first kappa shape index (κ1) is 20.2. The molecule has 0 saturated heterocycles. The lowest BCUT2D eigenvalue weighted by molar-refractivity contribution is -0.123. The lowest BCUT2D eigenvalue weighted by Gasteiger charge is -2.10. The lowest BCUT2D eigenvalue weighted by Crippen LogP contribution is -2.28. The fraction of sp³-hybridized carbons (Fsp3) is 0.125. The second-order valence-corrected chi connectivity index (χ2v) is 6.81. The molecular weight excluding hydrogens is 396 g/mol. The van der Waals surface area contributed by atoms with E-state index in [-0.39, 0.29) is 23.7 Å². The van der Waals surface area contributed by atoms with E-state index in [0.29, 0.717) is 34.8 Å². The van der Waals surface area contributed by atoms with Crippen LogP contribution >= 0.6 is 0 Å². The van der Waals surface area contributed by atoms with Crippen LogP contribution in [0.3, 0.4) is 0 Å². The Labute approximate surface area is 178 Å². The summed E-state index contributed by atoms with van der Waals surface area (Å²) >= 11 is 0. The Hall–Kier alpha value is -4.13. The molecule has 2 aromatic heterocycles. The van der Waals surface area contributed by atoms with Crippen LogP contribution in [-0.2, 0) is 11.3 Å². The van der Waals surface area contributed by atoms with Gasteiger partial charge in [0, 0.05) is 25.0 Å². The van der Waals surface area contributed by atoms with Crippen LogP contribution in [0.15, 0.2) is 82.3 Å². The third kappa shape index (κ3) is 4.90. The van der Waals surface area contributed by atoms with Gasteiger partial charge in [0.15, 0.2) is 6.61 Å². The summed E-state index contributed by atoms with van der Waals surface area (Å²) in [7, 11) is 0. The molecule has 7 nitrogen and oxygen atoms in total. The summed E-state index contributed by atoms with van der Waals surface area (Å²) in [5, 5.41) is 3.14. The van der Waals surface area contributed by atoms with Gasteiger partial charge in [-0.25, -0.2) is 0 Å². The Balaban J connectivity index is 1.45. The standard InChI is InChI=1S/C24H20N2O5/c1-16-24(31-18-5-3-2-4-6-18)23(28)20-8-7-19(13-21(20)30-16)29-15-22(27)26-14-17-9-11-25-12-10-17/h2-13H,14-15H2,1H3,(H,26,27). The molecule has 1 N–H and O–H groups in total. The molecule has 1 amide bonds. The fourth-order valence-corrected chi connectivity index (χ4v) is 2.98. The molecule has 4 aromatic rings. The highest BCUT2D eigenvalue weighted by atomic mass is 16.5. The average Bonchev–Trinajstić information content (AvgIpc) is 2.80. The summed E-state index contributed by atoms with van der Waals surface area (Å²) in [6.07, 6.45) is 3.33. The number of rotatable bonds is 7. The van der Waals surface area contributed by atoms with Crippen LogP contribution in [-0.4, -0.2) is 17.5 Å². The maximum Gasteiger partial charge on any atom is 0.258 e. The van der Waals surface area contributed by atoms with Crippen molar-refractivity contribution in [2.45, 2.75) is 13.5 Å². The zero-order valence-electron chi connectivity index (χ0n) is 16.8. The van der Waals surface area contributed by atoms with E-state index in [1.165, 1.54) is 0 Å². The molecule has 0 aliphatic rings. The van der Waals surface area contributed by atoms with Crippen LogP contribution in [0, 0.1) is 6.92 Å². The maximum absolute atomic E-state index is 12.9. The predicted octanol–water partition coefficient (Wildman–Crippen LogP) is 3.98. The summed E-state index contributed by atoms with van der Waals surface area (Å²) in [4.78, 5) is 28.8. The highest BCUT2D eigenvalue weighted by Gasteiger charge is 2.15. The molecule has 0 unspecified atom stereocenters. The van der Waals surface area contributed by atoms with E-state index in [2.05, 4.69) is 10.3 Å². The molecule has 0 radical (unpaired) electrons. The van der Waals surface area contributed by atoms with Crippen LogP contribution in [0.1, 0.15) is 11.3 Å². The van der Waals surface area contributed by atoms with Gasteiger partial charge in [-0.3, -0.25) is 14.6 Å². The smallest absolute Gasteiger partial charge is 0.258 e. The molecule has 2 heterocycles. The van der Waals surface area contributed by atoms with Gasteiger partial charge in [-0.1, -0.05) is 18.2 Å².